The van der Waals surface area contributed by atoms with E-state index in [2.05, 4.69) is 27.1 Å². The zero-order chi connectivity index (χ0) is 25.3. The van der Waals surface area contributed by atoms with Crippen molar-refractivity contribution in [2.24, 2.45) is 0 Å². The van der Waals surface area contributed by atoms with Gasteiger partial charge in [-0.2, -0.15) is 0 Å². The number of rotatable bonds is 10. The van der Waals surface area contributed by atoms with Gasteiger partial charge in [-0.3, -0.25) is 9.69 Å². The number of likely N-dealkylation sites (N-methyl/N-ethyl adjacent to an activating group) is 1. The Kier molecular flexibility index (Phi) is 9.55. The minimum Gasteiger partial charge on any atom is -0.437 e. The summed E-state index contributed by atoms with van der Waals surface area (Å²) in [4.78, 5) is 22.3. The van der Waals surface area contributed by atoms with Crippen molar-refractivity contribution >= 4 is 29.1 Å². The molecule has 1 saturated heterocycles. The molecule has 1 aromatic heterocycles. The minimum atomic E-state index is -0.286. The first-order valence-corrected chi connectivity index (χ1v) is 12.6. The van der Waals surface area contributed by atoms with Crippen molar-refractivity contribution in [2.75, 3.05) is 46.4 Å². The molecule has 0 saturated carbocycles. The molecule has 7 nitrogen and oxygen atoms in total. The standard InChI is InChI=1S/C27H30Cl2N4O3/c1-32-12-14-33(15-13-32)17-22(19-35-18-20-6-3-2-4-7-20)31-26(34)23-8-5-11-30-27(23)36-25-10-9-21(28)16-24(25)29/h2-11,16,22H,12-15,17-19H2,1H3,(H,31,34). The maximum absolute atomic E-state index is 13.4. The number of benzene rings is 2. The van der Waals surface area contributed by atoms with E-state index in [-0.39, 0.29) is 17.8 Å². The topological polar surface area (TPSA) is 66.9 Å². The number of ether oxygens (including phenoxy) is 2. The number of aromatic nitrogens is 1. The second kappa shape index (κ2) is 13.0. The van der Waals surface area contributed by atoms with Crippen LogP contribution in [-0.2, 0) is 11.3 Å². The van der Waals surface area contributed by atoms with Gasteiger partial charge in [-0.1, -0.05) is 53.5 Å². The normalized spacial score (nSPS) is 15.4. The van der Waals surface area contributed by atoms with Crippen LogP contribution in [0.1, 0.15) is 15.9 Å². The van der Waals surface area contributed by atoms with Gasteiger partial charge in [0.15, 0.2) is 0 Å². The van der Waals surface area contributed by atoms with Crippen LogP contribution in [0.25, 0.3) is 0 Å². The Morgan fingerprint density at radius 2 is 1.83 bits per heavy atom. The van der Waals surface area contributed by atoms with Gasteiger partial charge in [0.05, 0.1) is 24.3 Å². The molecule has 0 aliphatic carbocycles. The number of pyridine rings is 1. The number of halogens is 2. The third-order valence-electron chi connectivity index (χ3n) is 5.96. The number of nitrogens with zero attached hydrogens (tertiary/aromatic N) is 3. The Bertz CT molecular complexity index is 1140. The monoisotopic (exact) mass is 528 g/mol. The van der Waals surface area contributed by atoms with E-state index in [4.69, 9.17) is 32.7 Å². The molecule has 1 amide bonds. The molecule has 36 heavy (non-hydrogen) atoms. The number of hydrogen-bond donors (Lipinski definition) is 1. The number of carbonyl (C=O) groups excluding carboxylic acids is 1. The Labute approximate surface area is 221 Å². The molecular weight excluding hydrogens is 499 g/mol. The quantitative estimate of drug-likeness (QED) is 0.409. The van der Waals surface area contributed by atoms with Crippen LogP contribution >= 0.6 is 23.2 Å². The van der Waals surface area contributed by atoms with Gasteiger partial charge in [0, 0.05) is 43.9 Å². The van der Waals surface area contributed by atoms with E-state index in [0.29, 0.717) is 41.1 Å². The molecule has 1 atom stereocenters. The lowest BCUT2D eigenvalue weighted by Crippen LogP contribution is -2.52. The highest BCUT2D eigenvalue weighted by Crippen LogP contribution is 2.32. The minimum absolute atomic E-state index is 0.169. The Morgan fingerprint density at radius 3 is 2.58 bits per heavy atom. The molecule has 0 bridgehead atoms. The van der Waals surface area contributed by atoms with Crippen molar-refractivity contribution in [1.29, 1.82) is 0 Å². The average molecular weight is 529 g/mol. The highest BCUT2D eigenvalue weighted by atomic mass is 35.5. The number of nitrogens with one attached hydrogen (secondary N) is 1. The smallest absolute Gasteiger partial charge is 0.257 e. The number of carbonyl (C=O) groups is 1. The fourth-order valence-corrected chi connectivity index (χ4v) is 4.39. The predicted octanol–water partition coefficient (Wildman–Crippen LogP) is 4.74. The van der Waals surface area contributed by atoms with E-state index in [0.717, 1.165) is 31.7 Å². The zero-order valence-electron chi connectivity index (χ0n) is 20.2. The van der Waals surface area contributed by atoms with E-state index >= 15 is 0 Å². The summed E-state index contributed by atoms with van der Waals surface area (Å²) in [6.45, 7) is 5.42. The first-order chi connectivity index (χ1) is 17.5. The number of piperazine rings is 1. The lowest BCUT2D eigenvalue weighted by molar-refractivity contribution is 0.0651. The van der Waals surface area contributed by atoms with E-state index in [1.54, 1.807) is 36.5 Å². The summed E-state index contributed by atoms with van der Waals surface area (Å²) < 4.78 is 11.9. The van der Waals surface area contributed by atoms with Gasteiger partial charge in [-0.05, 0) is 42.9 Å². The molecular formula is C27H30Cl2N4O3. The van der Waals surface area contributed by atoms with Gasteiger partial charge in [-0.25, -0.2) is 4.98 Å². The second-order valence-corrected chi connectivity index (χ2v) is 9.65. The first-order valence-electron chi connectivity index (χ1n) is 11.9. The third-order valence-corrected chi connectivity index (χ3v) is 6.49. The average Bonchev–Trinajstić information content (AvgIpc) is 2.88. The largest absolute Gasteiger partial charge is 0.437 e. The number of hydrogen-bond acceptors (Lipinski definition) is 6. The van der Waals surface area contributed by atoms with Crippen LogP contribution in [0, 0.1) is 0 Å². The third kappa shape index (κ3) is 7.66. The molecule has 1 aliphatic heterocycles. The second-order valence-electron chi connectivity index (χ2n) is 8.81. The van der Waals surface area contributed by atoms with Crippen molar-refractivity contribution in [1.82, 2.24) is 20.1 Å². The van der Waals surface area contributed by atoms with Gasteiger partial charge in [0.25, 0.3) is 5.91 Å². The van der Waals surface area contributed by atoms with Crippen molar-refractivity contribution in [3.63, 3.8) is 0 Å². The SMILES string of the molecule is CN1CCN(CC(COCc2ccccc2)NC(=O)c2cccnc2Oc2ccc(Cl)cc2Cl)CC1. The van der Waals surface area contributed by atoms with Crippen molar-refractivity contribution in [2.45, 2.75) is 12.6 Å². The summed E-state index contributed by atoms with van der Waals surface area (Å²) in [6, 6.07) is 18.1. The molecule has 9 heteroatoms. The van der Waals surface area contributed by atoms with Gasteiger partial charge >= 0.3 is 0 Å². The Morgan fingerprint density at radius 1 is 1.06 bits per heavy atom. The molecule has 4 rings (SSSR count). The van der Waals surface area contributed by atoms with Crippen LogP contribution in [0.3, 0.4) is 0 Å². The molecule has 1 aliphatic rings. The van der Waals surface area contributed by atoms with Crippen LogP contribution in [0.2, 0.25) is 10.0 Å². The summed E-state index contributed by atoms with van der Waals surface area (Å²) in [7, 11) is 2.12. The number of amides is 1. The summed E-state index contributed by atoms with van der Waals surface area (Å²) in [5.74, 6) is 0.252. The predicted molar refractivity (Wildman–Crippen MR) is 142 cm³/mol. The molecule has 1 unspecified atom stereocenters. The van der Waals surface area contributed by atoms with E-state index < -0.39 is 0 Å². The summed E-state index contributed by atoms with van der Waals surface area (Å²) in [6.07, 6.45) is 1.57. The van der Waals surface area contributed by atoms with E-state index in [1.807, 2.05) is 30.3 Å². The summed E-state index contributed by atoms with van der Waals surface area (Å²) in [5, 5.41) is 3.96. The Balaban J connectivity index is 1.45. The maximum atomic E-state index is 13.4. The van der Waals surface area contributed by atoms with Crippen LogP contribution in [-0.4, -0.2) is 73.1 Å². The highest BCUT2D eigenvalue weighted by molar-refractivity contribution is 6.35. The first kappa shape index (κ1) is 26.4. The van der Waals surface area contributed by atoms with Crippen LogP contribution < -0.4 is 10.1 Å². The zero-order valence-corrected chi connectivity index (χ0v) is 21.7. The summed E-state index contributed by atoms with van der Waals surface area (Å²) >= 11 is 12.2. The molecule has 0 radical (unpaired) electrons. The fraction of sp³-hybridized carbons (Fsp3) is 0.333. The van der Waals surface area contributed by atoms with Crippen LogP contribution in [0.15, 0.2) is 66.9 Å². The summed E-state index contributed by atoms with van der Waals surface area (Å²) in [5.41, 5.74) is 1.40. The van der Waals surface area contributed by atoms with E-state index in [9.17, 15) is 4.79 Å². The molecule has 2 aromatic carbocycles. The fourth-order valence-electron chi connectivity index (χ4n) is 3.95. The molecule has 1 fully saturated rings. The highest BCUT2D eigenvalue weighted by Gasteiger charge is 2.23. The van der Waals surface area contributed by atoms with Gasteiger partial charge in [0.1, 0.15) is 11.3 Å². The molecule has 0 spiro atoms. The van der Waals surface area contributed by atoms with Crippen molar-refractivity contribution < 1.29 is 14.3 Å². The molecule has 3 aromatic rings. The van der Waals surface area contributed by atoms with Crippen LogP contribution in [0.5, 0.6) is 11.6 Å². The Hall–Kier alpha value is -2.68. The molecule has 2 heterocycles. The van der Waals surface area contributed by atoms with E-state index in [1.165, 1.54) is 0 Å². The lowest BCUT2D eigenvalue weighted by Gasteiger charge is -2.34. The lowest BCUT2D eigenvalue weighted by atomic mass is 10.2. The van der Waals surface area contributed by atoms with Gasteiger partial charge < -0.3 is 19.7 Å². The van der Waals surface area contributed by atoms with Crippen molar-refractivity contribution in [3.05, 3.63) is 88.0 Å². The molecule has 1 N–H and O–H groups in total. The maximum Gasteiger partial charge on any atom is 0.257 e. The van der Waals surface area contributed by atoms with Crippen LogP contribution in [0.4, 0.5) is 0 Å². The molecule has 190 valence electrons. The van der Waals surface area contributed by atoms with Gasteiger partial charge in [0.2, 0.25) is 5.88 Å². The van der Waals surface area contributed by atoms with Gasteiger partial charge in [-0.15, -0.1) is 0 Å². The van der Waals surface area contributed by atoms with Crippen molar-refractivity contribution in [3.8, 4) is 11.6 Å².